The highest BCUT2D eigenvalue weighted by Gasteiger charge is 2.36. The molecule has 2 heterocycles. The molecular weight excluding hydrogens is 527 g/mol. The maximum atomic E-state index is 13.1. The number of nitrogens with one attached hydrogen (secondary N) is 1. The second kappa shape index (κ2) is 10.9. The van der Waals surface area contributed by atoms with Gasteiger partial charge in [-0.05, 0) is 78.8 Å². The Labute approximate surface area is 215 Å². The van der Waals surface area contributed by atoms with Crippen LogP contribution in [0.5, 0.6) is 0 Å². The Morgan fingerprint density at radius 1 is 1.06 bits per heavy atom. The Balaban J connectivity index is 1.45. The van der Waals surface area contributed by atoms with Crippen molar-refractivity contribution in [2.75, 3.05) is 26.2 Å². The van der Waals surface area contributed by atoms with Crippen molar-refractivity contribution < 1.29 is 26.3 Å². The molecule has 11 heteroatoms. The molecule has 196 valence electrons. The number of rotatable bonds is 8. The zero-order valence-electron chi connectivity index (χ0n) is 19.2. The lowest BCUT2D eigenvalue weighted by atomic mass is 9.92. The van der Waals surface area contributed by atoms with Gasteiger partial charge >= 0.3 is 12.4 Å². The maximum absolute atomic E-state index is 13.1. The van der Waals surface area contributed by atoms with Gasteiger partial charge in [-0.15, -0.1) is 0 Å². The minimum atomic E-state index is -4.63. The number of pyridine rings is 1. The third kappa shape index (κ3) is 6.54. The quantitative estimate of drug-likeness (QED) is 0.284. The van der Waals surface area contributed by atoms with Crippen LogP contribution >= 0.6 is 23.2 Å². The number of hydrogen-bond acceptors (Lipinski definition) is 3. The van der Waals surface area contributed by atoms with E-state index in [2.05, 4.69) is 15.2 Å². The molecule has 1 atom stereocenters. The summed E-state index contributed by atoms with van der Waals surface area (Å²) in [5.74, 6) is 0. The maximum Gasteiger partial charge on any atom is 0.434 e. The molecule has 2 aromatic rings. The monoisotopic (exact) mass is 551 g/mol. The van der Waals surface area contributed by atoms with Crippen LogP contribution in [0.15, 0.2) is 35.9 Å². The summed E-state index contributed by atoms with van der Waals surface area (Å²) < 4.78 is 77.3. The van der Waals surface area contributed by atoms with Gasteiger partial charge in [-0.3, -0.25) is 4.90 Å². The van der Waals surface area contributed by atoms with E-state index in [9.17, 15) is 26.3 Å². The molecule has 1 aliphatic heterocycles. The molecule has 1 N–H and O–H groups in total. The third-order valence-electron chi connectivity index (χ3n) is 6.63. The first-order chi connectivity index (χ1) is 16.9. The topological polar surface area (TPSA) is 28.2 Å². The molecule has 4 rings (SSSR count). The molecule has 0 radical (unpaired) electrons. The summed E-state index contributed by atoms with van der Waals surface area (Å²) in [6.07, 6.45) is -7.41. The number of fused-ring (bicyclic) bond motifs is 2. The van der Waals surface area contributed by atoms with Gasteiger partial charge in [0.2, 0.25) is 0 Å². The van der Waals surface area contributed by atoms with Gasteiger partial charge in [-0.2, -0.15) is 26.3 Å². The number of aromatic nitrogens is 1. The van der Waals surface area contributed by atoms with E-state index in [4.69, 9.17) is 23.2 Å². The van der Waals surface area contributed by atoms with Gasteiger partial charge < -0.3 is 5.32 Å². The van der Waals surface area contributed by atoms with Crippen molar-refractivity contribution in [2.24, 2.45) is 0 Å². The third-order valence-corrected chi connectivity index (χ3v) is 7.17. The highest BCUT2D eigenvalue weighted by atomic mass is 35.5. The lowest BCUT2D eigenvalue weighted by Crippen LogP contribution is -2.47. The van der Waals surface area contributed by atoms with Crippen LogP contribution in [0.1, 0.15) is 41.8 Å². The van der Waals surface area contributed by atoms with Crippen molar-refractivity contribution in [1.82, 2.24) is 15.2 Å². The van der Waals surface area contributed by atoms with E-state index < -0.39 is 29.5 Å². The fourth-order valence-electron chi connectivity index (χ4n) is 4.99. The van der Waals surface area contributed by atoms with Crippen LogP contribution in [0.3, 0.4) is 0 Å². The van der Waals surface area contributed by atoms with Gasteiger partial charge in [-0.1, -0.05) is 29.3 Å². The van der Waals surface area contributed by atoms with E-state index in [1.54, 1.807) is 0 Å². The number of benzene rings is 1. The number of halogens is 8. The van der Waals surface area contributed by atoms with Crippen molar-refractivity contribution in [3.63, 3.8) is 0 Å². The molecule has 0 amide bonds. The molecule has 36 heavy (non-hydrogen) atoms. The van der Waals surface area contributed by atoms with Gasteiger partial charge in [0.1, 0.15) is 0 Å². The van der Waals surface area contributed by atoms with Crippen molar-refractivity contribution in [1.29, 1.82) is 0 Å². The van der Waals surface area contributed by atoms with Gasteiger partial charge in [-0.25, -0.2) is 4.98 Å². The highest BCUT2D eigenvalue weighted by Crippen LogP contribution is 2.42. The Hall–Kier alpha value is -1.81. The summed E-state index contributed by atoms with van der Waals surface area (Å²) in [6, 6.07) is 8.34. The minimum Gasteiger partial charge on any atom is -0.315 e. The van der Waals surface area contributed by atoms with Crippen LogP contribution in [0.25, 0.3) is 5.57 Å². The Bertz CT molecular complexity index is 1130. The van der Waals surface area contributed by atoms with Crippen LogP contribution < -0.4 is 5.32 Å². The zero-order valence-corrected chi connectivity index (χ0v) is 20.8. The highest BCUT2D eigenvalue weighted by molar-refractivity contribution is 6.31. The Morgan fingerprint density at radius 3 is 2.56 bits per heavy atom. The standard InChI is InChI=1S/C25H25Cl2F6N3/c26-16-4-3-15-12-20-18(19(15)13-16)7-11-36(22(20)14-34-9-8-24(28,29)30)10-1-2-17-5-6-21(27)23(35-17)25(31,32)33/h3-6,13,22,34H,1-2,7-12,14H2. The molecule has 0 spiro atoms. The van der Waals surface area contributed by atoms with Crippen molar-refractivity contribution >= 4 is 28.8 Å². The van der Waals surface area contributed by atoms with E-state index in [1.807, 2.05) is 18.2 Å². The average molecular weight is 552 g/mol. The normalized spacial score (nSPS) is 18.5. The van der Waals surface area contributed by atoms with Gasteiger partial charge in [0.05, 0.1) is 11.4 Å². The number of hydrogen-bond donors (Lipinski definition) is 1. The fraction of sp³-hybridized carbons (Fsp3) is 0.480. The molecule has 3 nitrogen and oxygen atoms in total. The van der Waals surface area contributed by atoms with Crippen LogP contribution in [-0.2, 0) is 19.0 Å². The van der Waals surface area contributed by atoms with Crippen LogP contribution in [-0.4, -0.2) is 48.3 Å². The van der Waals surface area contributed by atoms with E-state index >= 15 is 0 Å². The first-order valence-corrected chi connectivity index (χ1v) is 12.4. The summed E-state index contributed by atoms with van der Waals surface area (Å²) >= 11 is 11.9. The zero-order chi connectivity index (χ0) is 26.1. The smallest absolute Gasteiger partial charge is 0.315 e. The van der Waals surface area contributed by atoms with Crippen molar-refractivity contribution in [3.05, 3.63) is 68.5 Å². The molecule has 2 aliphatic rings. The molecule has 0 saturated carbocycles. The van der Waals surface area contributed by atoms with Gasteiger partial charge in [0, 0.05) is 36.4 Å². The summed E-state index contributed by atoms with van der Waals surface area (Å²) in [5, 5.41) is 3.16. The predicted molar refractivity (Wildman–Crippen MR) is 128 cm³/mol. The lowest BCUT2D eigenvalue weighted by molar-refractivity contribution is -0.141. The minimum absolute atomic E-state index is 0.114. The predicted octanol–water partition coefficient (Wildman–Crippen LogP) is 6.97. The van der Waals surface area contributed by atoms with E-state index in [0.29, 0.717) is 49.6 Å². The number of alkyl halides is 6. The summed E-state index contributed by atoms with van der Waals surface area (Å²) in [7, 11) is 0. The van der Waals surface area contributed by atoms with Crippen LogP contribution in [0.4, 0.5) is 26.3 Å². The second-order valence-corrected chi connectivity index (χ2v) is 9.93. The van der Waals surface area contributed by atoms with Crippen molar-refractivity contribution in [2.45, 2.75) is 50.5 Å². The molecule has 1 unspecified atom stereocenters. The van der Waals surface area contributed by atoms with Gasteiger partial charge in [0.15, 0.2) is 5.69 Å². The van der Waals surface area contributed by atoms with E-state index in [0.717, 1.165) is 17.5 Å². The van der Waals surface area contributed by atoms with Gasteiger partial charge in [0.25, 0.3) is 0 Å². The fourth-order valence-corrected chi connectivity index (χ4v) is 5.37. The summed E-state index contributed by atoms with van der Waals surface area (Å²) in [6.45, 7) is 1.45. The van der Waals surface area contributed by atoms with Crippen LogP contribution in [0, 0.1) is 0 Å². The van der Waals surface area contributed by atoms with Crippen molar-refractivity contribution in [3.8, 4) is 0 Å². The first-order valence-electron chi connectivity index (χ1n) is 11.7. The lowest BCUT2D eigenvalue weighted by Gasteiger charge is -2.38. The largest absolute Gasteiger partial charge is 0.434 e. The molecule has 1 aromatic carbocycles. The SMILES string of the molecule is FC(F)(F)CCNCC1C2=C(CCN1CCCc1ccc(Cl)c(C(F)(F)F)n1)c1cc(Cl)ccc1C2. The molecule has 0 bridgehead atoms. The van der Waals surface area contributed by atoms with E-state index in [-0.39, 0.29) is 12.6 Å². The first kappa shape index (κ1) is 27.2. The summed E-state index contributed by atoms with van der Waals surface area (Å²) in [4.78, 5) is 5.90. The van der Waals surface area contributed by atoms with E-state index in [1.165, 1.54) is 23.3 Å². The molecule has 1 aliphatic carbocycles. The Morgan fingerprint density at radius 2 is 1.83 bits per heavy atom. The molecule has 1 aromatic heterocycles. The summed E-state index contributed by atoms with van der Waals surface area (Å²) in [5.41, 5.74) is 3.82. The number of aryl methyl sites for hydroxylation is 1. The Kier molecular flexibility index (Phi) is 8.24. The molecule has 0 fully saturated rings. The molecule has 0 saturated heterocycles. The molecular formula is C25H25Cl2F6N3. The second-order valence-electron chi connectivity index (χ2n) is 9.09. The van der Waals surface area contributed by atoms with Crippen LogP contribution in [0.2, 0.25) is 10.0 Å². The average Bonchev–Trinajstić information content (AvgIpc) is 3.15. The number of nitrogens with zero attached hydrogens (tertiary/aromatic N) is 2.